The van der Waals surface area contributed by atoms with Crippen LogP contribution in [0.1, 0.15) is 43.7 Å². The van der Waals surface area contributed by atoms with Gasteiger partial charge >= 0.3 is 0 Å². The van der Waals surface area contributed by atoms with E-state index in [4.69, 9.17) is 5.73 Å². The highest BCUT2D eigenvalue weighted by molar-refractivity contribution is 5.92. The molecule has 0 bridgehead atoms. The Morgan fingerprint density at radius 3 is 2.32 bits per heavy atom. The number of nitrogens with one attached hydrogen (secondary N) is 1. The first-order chi connectivity index (χ1) is 8.95. The van der Waals surface area contributed by atoms with Gasteiger partial charge in [0.25, 0.3) is 5.91 Å². The van der Waals surface area contributed by atoms with E-state index in [1.807, 2.05) is 6.07 Å². The standard InChI is InChI=1S/C15H25N3O/c1-10(2)13(11(3)4)9-18-15(19)14-6-5-12(7-16)8-17-14/h5-6,8,10-11,13H,7,9,16H2,1-4H3,(H,18,19). The van der Waals surface area contributed by atoms with Crippen LogP contribution in [0.15, 0.2) is 18.3 Å². The van der Waals surface area contributed by atoms with Gasteiger partial charge in [-0.3, -0.25) is 9.78 Å². The summed E-state index contributed by atoms with van der Waals surface area (Å²) in [6, 6.07) is 3.56. The lowest BCUT2D eigenvalue weighted by Gasteiger charge is -2.24. The van der Waals surface area contributed by atoms with Crippen molar-refractivity contribution < 1.29 is 4.79 Å². The van der Waals surface area contributed by atoms with E-state index in [-0.39, 0.29) is 5.91 Å². The van der Waals surface area contributed by atoms with E-state index in [1.165, 1.54) is 0 Å². The maximum Gasteiger partial charge on any atom is 0.269 e. The second-order valence-corrected chi connectivity index (χ2v) is 5.62. The highest BCUT2D eigenvalue weighted by Gasteiger charge is 2.18. The molecule has 0 spiro atoms. The van der Waals surface area contributed by atoms with Gasteiger partial charge < -0.3 is 11.1 Å². The van der Waals surface area contributed by atoms with Gasteiger partial charge in [0.15, 0.2) is 0 Å². The van der Waals surface area contributed by atoms with Crippen molar-refractivity contribution in [2.45, 2.75) is 34.2 Å². The third-order valence-corrected chi connectivity index (χ3v) is 3.50. The zero-order chi connectivity index (χ0) is 14.4. The van der Waals surface area contributed by atoms with Crippen LogP contribution in [0.25, 0.3) is 0 Å². The lowest BCUT2D eigenvalue weighted by molar-refractivity contribution is 0.0932. The molecule has 0 aliphatic carbocycles. The topological polar surface area (TPSA) is 68.0 Å². The molecular formula is C15H25N3O. The Balaban J connectivity index is 2.58. The van der Waals surface area contributed by atoms with E-state index in [2.05, 4.69) is 38.0 Å². The number of hydrogen-bond donors (Lipinski definition) is 2. The van der Waals surface area contributed by atoms with Crippen LogP contribution < -0.4 is 11.1 Å². The first-order valence-electron chi connectivity index (χ1n) is 6.88. The molecule has 1 rings (SSSR count). The second kappa shape index (κ2) is 7.24. The van der Waals surface area contributed by atoms with Gasteiger partial charge in [0.2, 0.25) is 0 Å². The molecule has 1 amide bonds. The zero-order valence-electron chi connectivity index (χ0n) is 12.3. The van der Waals surface area contributed by atoms with E-state index in [9.17, 15) is 4.79 Å². The summed E-state index contributed by atoms with van der Waals surface area (Å²) in [4.78, 5) is 16.1. The number of amides is 1. The monoisotopic (exact) mass is 263 g/mol. The van der Waals surface area contributed by atoms with Crippen LogP contribution in [0.3, 0.4) is 0 Å². The third kappa shape index (κ3) is 4.63. The van der Waals surface area contributed by atoms with Gasteiger partial charge in [-0.1, -0.05) is 33.8 Å². The molecule has 0 radical (unpaired) electrons. The Hall–Kier alpha value is -1.42. The van der Waals surface area contributed by atoms with Crippen LogP contribution in [-0.2, 0) is 6.54 Å². The number of nitrogens with two attached hydrogens (primary N) is 1. The van der Waals surface area contributed by atoms with E-state index >= 15 is 0 Å². The molecule has 0 fully saturated rings. The molecule has 3 N–H and O–H groups in total. The highest BCUT2D eigenvalue weighted by Crippen LogP contribution is 2.19. The summed E-state index contributed by atoms with van der Waals surface area (Å²) in [7, 11) is 0. The number of hydrogen-bond acceptors (Lipinski definition) is 3. The Morgan fingerprint density at radius 1 is 1.26 bits per heavy atom. The number of carbonyl (C=O) groups excluding carboxylic acids is 1. The van der Waals surface area contributed by atoms with Gasteiger partial charge in [-0.25, -0.2) is 0 Å². The Labute approximate surface area is 115 Å². The first kappa shape index (κ1) is 15.6. The fourth-order valence-electron chi connectivity index (χ4n) is 2.22. The average Bonchev–Trinajstić information content (AvgIpc) is 2.38. The number of aromatic nitrogens is 1. The summed E-state index contributed by atoms with van der Waals surface area (Å²) < 4.78 is 0. The zero-order valence-corrected chi connectivity index (χ0v) is 12.3. The van der Waals surface area contributed by atoms with Crippen molar-refractivity contribution in [3.05, 3.63) is 29.6 Å². The molecular weight excluding hydrogens is 238 g/mol. The van der Waals surface area contributed by atoms with Crippen LogP contribution in [0, 0.1) is 17.8 Å². The molecule has 4 heteroatoms. The van der Waals surface area contributed by atoms with Crippen molar-refractivity contribution in [2.24, 2.45) is 23.5 Å². The lowest BCUT2D eigenvalue weighted by atomic mass is 9.85. The van der Waals surface area contributed by atoms with E-state index < -0.39 is 0 Å². The van der Waals surface area contributed by atoms with E-state index in [1.54, 1.807) is 12.3 Å². The molecule has 4 nitrogen and oxygen atoms in total. The highest BCUT2D eigenvalue weighted by atomic mass is 16.1. The van der Waals surface area contributed by atoms with Gasteiger partial charge in [-0.15, -0.1) is 0 Å². The second-order valence-electron chi connectivity index (χ2n) is 5.62. The fourth-order valence-corrected chi connectivity index (χ4v) is 2.22. The summed E-state index contributed by atoms with van der Waals surface area (Å²) in [5.41, 5.74) is 6.88. The van der Waals surface area contributed by atoms with Gasteiger partial charge in [-0.05, 0) is 29.4 Å². The molecule has 1 heterocycles. The van der Waals surface area contributed by atoms with Crippen molar-refractivity contribution in [2.75, 3.05) is 6.54 Å². The SMILES string of the molecule is CC(C)C(CNC(=O)c1ccc(CN)cn1)C(C)C. The van der Waals surface area contributed by atoms with Crippen molar-refractivity contribution >= 4 is 5.91 Å². The molecule has 0 saturated heterocycles. The van der Waals surface area contributed by atoms with Gasteiger partial charge in [0.1, 0.15) is 5.69 Å². The van der Waals surface area contributed by atoms with Crippen LogP contribution in [0.2, 0.25) is 0 Å². The molecule has 1 aromatic heterocycles. The summed E-state index contributed by atoms with van der Waals surface area (Å²) in [5.74, 6) is 1.46. The van der Waals surface area contributed by atoms with Gasteiger partial charge in [0, 0.05) is 19.3 Å². The smallest absolute Gasteiger partial charge is 0.269 e. The summed E-state index contributed by atoms with van der Waals surface area (Å²) >= 11 is 0. The molecule has 0 saturated carbocycles. The predicted octanol–water partition coefficient (Wildman–Crippen LogP) is 2.20. The number of pyridine rings is 1. The Bertz CT molecular complexity index is 390. The quantitative estimate of drug-likeness (QED) is 0.826. The van der Waals surface area contributed by atoms with E-state index in [0.717, 1.165) is 5.56 Å². The van der Waals surface area contributed by atoms with Crippen LogP contribution in [0.4, 0.5) is 0 Å². The Morgan fingerprint density at radius 2 is 1.89 bits per heavy atom. The number of nitrogens with zero attached hydrogens (tertiary/aromatic N) is 1. The fraction of sp³-hybridized carbons (Fsp3) is 0.600. The van der Waals surface area contributed by atoms with Crippen molar-refractivity contribution in [3.8, 4) is 0 Å². The average molecular weight is 263 g/mol. The molecule has 0 unspecified atom stereocenters. The molecule has 0 aliphatic rings. The molecule has 1 aromatic rings. The number of rotatable bonds is 6. The van der Waals surface area contributed by atoms with E-state index in [0.29, 0.717) is 36.5 Å². The lowest BCUT2D eigenvalue weighted by Crippen LogP contribution is -2.34. The van der Waals surface area contributed by atoms with Crippen LogP contribution in [0.5, 0.6) is 0 Å². The van der Waals surface area contributed by atoms with Crippen LogP contribution in [-0.4, -0.2) is 17.4 Å². The van der Waals surface area contributed by atoms with Gasteiger partial charge in [0.05, 0.1) is 0 Å². The summed E-state index contributed by atoms with van der Waals surface area (Å²) in [6.07, 6.45) is 1.65. The largest absolute Gasteiger partial charge is 0.350 e. The minimum Gasteiger partial charge on any atom is -0.350 e. The van der Waals surface area contributed by atoms with Crippen molar-refractivity contribution in [1.29, 1.82) is 0 Å². The summed E-state index contributed by atoms with van der Waals surface area (Å²) in [5, 5.41) is 2.97. The van der Waals surface area contributed by atoms with Crippen molar-refractivity contribution in [1.82, 2.24) is 10.3 Å². The molecule has 0 atom stereocenters. The summed E-state index contributed by atoms with van der Waals surface area (Å²) in [6.45, 7) is 9.87. The molecule has 19 heavy (non-hydrogen) atoms. The molecule has 0 aliphatic heterocycles. The first-order valence-corrected chi connectivity index (χ1v) is 6.88. The normalized spacial score (nSPS) is 11.4. The predicted molar refractivity (Wildman–Crippen MR) is 77.6 cm³/mol. The maximum atomic E-state index is 12.0. The molecule has 0 aromatic carbocycles. The van der Waals surface area contributed by atoms with Crippen molar-refractivity contribution in [3.63, 3.8) is 0 Å². The molecule has 106 valence electrons. The van der Waals surface area contributed by atoms with Crippen LogP contribution >= 0.6 is 0 Å². The van der Waals surface area contributed by atoms with Gasteiger partial charge in [-0.2, -0.15) is 0 Å². The third-order valence-electron chi connectivity index (χ3n) is 3.50. The Kier molecular flexibility index (Phi) is 5.96. The maximum absolute atomic E-state index is 12.0. The number of carbonyl (C=O) groups is 1. The minimum atomic E-state index is -0.116. The minimum absolute atomic E-state index is 0.116.